The Labute approximate surface area is 120 Å². The van der Waals surface area contributed by atoms with Gasteiger partial charge in [-0.2, -0.15) is 5.26 Å². The van der Waals surface area contributed by atoms with Crippen LogP contribution in [0.4, 0.5) is 5.82 Å². The maximum absolute atomic E-state index is 9.84. The van der Waals surface area contributed by atoms with Gasteiger partial charge in [-0.1, -0.05) is 32.6 Å². The lowest BCUT2D eigenvalue weighted by Crippen LogP contribution is -2.22. The van der Waals surface area contributed by atoms with Crippen LogP contribution in [0.15, 0.2) is 6.33 Å². The summed E-state index contributed by atoms with van der Waals surface area (Å²) in [7, 11) is 0. The molecule has 0 fully saturated rings. The van der Waals surface area contributed by atoms with Gasteiger partial charge in [0.25, 0.3) is 0 Å². The molecule has 5 nitrogen and oxygen atoms in total. The van der Waals surface area contributed by atoms with Crippen molar-refractivity contribution in [3.05, 3.63) is 12.0 Å². The largest absolute Gasteiger partial charge is 0.391 e. The first-order chi connectivity index (χ1) is 8.61. The second-order valence-electron chi connectivity index (χ2n) is 4.65. The van der Waals surface area contributed by atoms with Gasteiger partial charge in [0.2, 0.25) is 0 Å². The van der Waals surface area contributed by atoms with E-state index in [-0.39, 0.29) is 24.1 Å². The molecule has 2 unspecified atom stereocenters. The lowest BCUT2D eigenvalue weighted by Gasteiger charge is -2.22. The van der Waals surface area contributed by atoms with Crippen molar-refractivity contribution >= 4 is 18.2 Å². The Bertz CT molecular complexity index is 411. The van der Waals surface area contributed by atoms with Crippen molar-refractivity contribution in [2.75, 3.05) is 5.73 Å². The highest BCUT2D eigenvalue weighted by atomic mass is 35.5. The molecule has 19 heavy (non-hydrogen) atoms. The van der Waals surface area contributed by atoms with Crippen molar-refractivity contribution < 1.29 is 5.11 Å². The van der Waals surface area contributed by atoms with E-state index in [1.165, 1.54) is 12.8 Å². The van der Waals surface area contributed by atoms with Gasteiger partial charge in [0, 0.05) is 0 Å². The fraction of sp³-hybridized carbons (Fsp3) is 0.692. The van der Waals surface area contributed by atoms with Crippen LogP contribution in [0.3, 0.4) is 0 Å². The number of unbranched alkanes of at least 4 members (excludes halogenated alkanes) is 3. The zero-order valence-corrected chi connectivity index (χ0v) is 12.4. The van der Waals surface area contributed by atoms with Crippen molar-refractivity contribution in [1.82, 2.24) is 9.55 Å². The van der Waals surface area contributed by atoms with E-state index in [9.17, 15) is 5.11 Å². The molecule has 108 valence electrons. The molecule has 0 bridgehead atoms. The molecular weight excluding hydrogens is 264 g/mol. The minimum Gasteiger partial charge on any atom is -0.391 e. The third kappa shape index (κ3) is 4.73. The molecule has 0 saturated carbocycles. The monoisotopic (exact) mass is 286 g/mol. The number of rotatable bonds is 7. The zero-order valence-electron chi connectivity index (χ0n) is 11.5. The predicted molar refractivity (Wildman–Crippen MR) is 78.1 cm³/mol. The second kappa shape index (κ2) is 8.78. The molecule has 0 aliphatic rings. The Morgan fingerprint density at radius 2 is 2.16 bits per heavy atom. The minimum absolute atomic E-state index is 0. The molecule has 0 radical (unpaired) electrons. The van der Waals surface area contributed by atoms with Crippen LogP contribution >= 0.6 is 12.4 Å². The molecule has 0 amide bonds. The lowest BCUT2D eigenvalue weighted by molar-refractivity contribution is 0.124. The van der Waals surface area contributed by atoms with Crippen LogP contribution in [0.2, 0.25) is 0 Å². The number of hydrogen-bond acceptors (Lipinski definition) is 4. The Balaban J connectivity index is 0.00000324. The highest BCUT2D eigenvalue weighted by Gasteiger charge is 2.20. The summed E-state index contributed by atoms with van der Waals surface area (Å²) in [6.07, 6.45) is 6.48. The third-order valence-corrected chi connectivity index (χ3v) is 3.21. The van der Waals surface area contributed by atoms with E-state index in [4.69, 9.17) is 11.0 Å². The van der Waals surface area contributed by atoms with Crippen LogP contribution in [-0.4, -0.2) is 20.8 Å². The van der Waals surface area contributed by atoms with Crippen molar-refractivity contribution in [2.24, 2.45) is 0 Å². The summed E-state index contributed by atoms with van der Waals surface area (Å²) < 4.78 is 1.72. The molecule has 1 aromatic rings. The van der Waals surface area contributed by atoms with Crippen LogP contribution in [0.25, 0.3) is 0 Å². The van der Waals surface area contributed by atoms with Crippen LogP contribution in [0, 0.1) is 11.3 Å². The minimum atomic E-state index is -0.505. The van der Waals surface area contributed by atoms with E-state index in [1.54, 1.807) is 17.8 Å². The second-order valence-corrected chi connectivity index (χ2v) is 4.65. The van der Waals surface area contributed by atoms with Gasteiger partial charge in [0.1, 0.15) is 11.9 Å². The average Bonchev–Trinajstić information content (AvgIpc) is 2.70. The van der Waals surface area contributed by atoms with Crippen LogP contribution in [0.5, 0.6) is 0 Å². The highest BCUT2D eigenvalue weighted by Crippen LogP contribution is 2.24. The molecule has 2 atom stereocenters. The molecule has 1 aromatic heterocycles. The molecule has 0 aromatic carbocycles. The fourth-order valence-corrected chi connectivity index (χ4v) is 2.11. The molecule has 0 aliphatic heterocycles. The Hall–Kier alpha value is -1.25. The van der Waals surface area contributed by atoms with Gasteiger partial charge >= 0.3 is 0 Å². The van der Waals surface area contributed by atoms with Gasteiger partial charge < -0.3 is 15.4 Å². The topological polar surface area (TPSA) is 87.9 Å². The first-order valence-corrected chi connectivity index (χ1v) is 6.52. The molecule has 3 N–H and O–H groups in total. The highest BCUT2D eigenvalue weighted by molar-refractivity contribution is 5.85. The summed E-state index contributed by atoms with van der Waals surface area (Å²) in [4.78, 5) is 3.95. The van der Waals surface area contributed by atoms with E-state index in [0.717, 1.165) is 19.3 Å². The van der Waals surface area contributed by atoms with Gasteiger partial charge in [-0.25, -0.2) is 4.98 Å². The zero-order chi connectivity index (χ0) is 13.5. The first-order valence-electron chi connectivity index (χ1n) is 6.52. The molecule has 6 heteroatoms. The number of imidazole rings is 1. The number of aromatic nitrogens is 2. The van der Waals surface area contributed by atoms with E-state index in [0.29, 0.717) is 5.82 Å². The molecule has 1 rings (SSSR count). The number of aliphatic hydroxyl groups excluding tert-OH is 1. The number of aliphatic hydroxyl groups is 1. The van der Waals surface area contributed by atoms with Crippen molar-refractivity contribution in [1.29, 1.82) is 5.26 Å². The van der Waals surface area contributed by atoms with Crippen LogP contribution in [-0.2, 0) is 0 Å². The number of nitrogens with zero attached hydrogens (tertiary/aromatic N) is 3. The maximum Gasteiger partial charge on any atom is 0.182 e. The van der Waals surface area contributed by atoms with E-state index < -0.39 is 6.10 Å². The summed E-state index contributed by atoms with van der Waals surface area (Å²) in [5.41, 5.74) is 6.08. The predicted octanol–water partition coefficient (Wildman–Crippen LogP) is 2.65. The Kier molecular flexibility index (Phi) is 8.21. The Morgan fingerprint density at radius 1 is 1.47 bits per heavy atom. The molecule has 0 spiro atoms. The van der Waals surface area contributed by atoms with Gasteiger partial charge in [-0.05, 0) is 13.3 Å². The van der Waals surface area contributed by atoms with Gasteiger partial charge in [-0.15, -0.1) is 12.4 Å². The summed E-state index contributed by atoms with van der Waals surface area (Å²) in [5, 5.41) is 18.7. The fourth-order valence-electron chi connectivity index (χ4n) is 2.11. The number of nitrogen functional groups attached to an aromatic ring is 1. The van der Waals surface area contributed by atoms with E-state index in [2.05, 4.69) is 11.9 Å². The summed E-state index contributed by atoms with van der Waals surface area (Å²) in [5.74, 6) is 0.346. The average molecular weight is 287 g/mol. The summed E-state index contributed by atoms with van der Waals surface area (Å²) in [6.45, 7) is 3.91. The van der Waals surface area contributed by atoms with Crippen molar-refractivity contribution in [2.45, 2.75) is 58.1 Å². The number of nitriles is 1. The summed E-state index contributed by atoms with van der Waals surface area (Å²) >= 11 is 0. The standard InChI is InChI=1S/C13H22N4O.ClH/c1-3-4-5-6-7-12(10(2)18)17-9-16-11(8-14)13(17)15;/h9-10,12,18H,3-7,15H2,1-2H3;1H. The maximum atomic E-state index is 9.84. The van der Waals surface area contributed by atoms with Gasteiger partial charge in [-0.3, -0.25) is 0 Å². The molecular formula is C13H23ClN4O. The molecule has 1 heterocycles. The molecule has 0 saturated heterocycles. The van der Waals surface area contributed by atoms with E-state index in [1.807, 2.05) is 6.07 Å². The molecule has 0 aliphatic carbocycles. The normalized spacial score (nSPS) is 13.4. The first kappa shape index (κ1) is 17.8. The number of halogens is 1. The van der Waals surface area contributed by atoms with Crippen molar-refractivity contribution in [3.63, 3.8) is 0 Å². The van der Waals surface area contributed by atoms with Gasteiger partial charge in [0.15, 0.2) is 5.69 Å². The van der Waals surface area contributed by atoms with Crippen LogP contribution < -0.4 is 5.73 Å². The van der Waals surface area contributed by atoms with Crippen molar-refractivity contribution in [3.8, 4) is 6.07 Å². The van der Waals surface area contributed by atoms with E-state index >= 15 is 0 Å². The van der Waals surface area contributed by atoms with Gasteiger partial charge in [0.05, 0.1) is 18.5 Å². The third-order valence-electron chi connectivity index (χ3n) is 3.21. The number of hydrogen-bond donors (Lipinski definition) is 2. The number of anilines is 1. The summed E-state index contributed by atoms with van der Waals surface area (Å²) in [6, 6.07) is 1.85. The number of nitrogens with two attached hydrogens (primary N) is 1. The quantitative estimate of drug-likeness (QED) is 0.754. The SMILES string of the molecule is CCCCCCC(C(C)O)n1cnc(C#N)c1N.Cl. The smallest absolute Gasteiger partial charge is 0.182 e. The van der Waals surface area contributed by atoms with Crippen LogP contribution in [0.1, 0.15) is 57.7 Å². The lowest BCUT2D eigenvalue weighted by atomic mass is 10.0. The Morgan fingerprint density at radius 3 is 2.63 bits per heavy atom.